The number of amides is 2. The molecule has 12 heteroatoms. The summed E-state index contributed by atoms with van der Waals surface area (Å²) < 4.78 is 30.8. The van der Waals surface area contributed by atoms with Crippen molar-refractivity contribution in [2.24, 2.45) is 0 Å². The van der Waals surface area contributed by atoms with Crippen molar-refractivity contribution in [1.82, 2.24) is 29.6 Å². The largest absolute Gasteiger partial charge is 0.467 e. The number of aryl methyl sites for hydroxylation is 2. The Kier molecular flexibility index (Phi) is 4.64. The van der Waals surface area contributed by atoms with Gasteiger partial charge in [0.25, 0.3) is 10.0 Å². The quantitative estimate of drug-likeness (QED) is 0.771. The molecule has 122 valence electrons. The van der Waals surface area contributed by atoms with Gasteiger partial charge in [-0.05, 0) is 13.8 Å². The van der Waals surface area contributed by atoms with Crippen LogP contribution in [0.4, 0.5) is 10.7 Å². The van der Waals surface area contributed by atoms with Crippen molar-refractivity contribution in [2.75, 3.05) is 12.4 Å². The van der Waals surface area contributed by atoms with Crippen molar-refractivity contribution in [3.05, 3.63) is 23.9 Å². The van der Waals surface area contributed by atoms with E-state index in [4.69, 9.17) is 4.74 Å². The first-order valence-electron chi connectivity index (χ1n) is 6.20. The van der Waals surface area contributed by atoms with Gasteiger partial charge in [0, 0.05) is 12.4 Å². The van der Waals surface area contributed by atoms with Gasteiger partial charge in [-0.2, -0.15) is 23.4 Å². The molecule has 0 aliphatic carbocycles. The summed E-state index contributed by atoms with van der Waals surface area (Å²) in [6.45, 7) is 3.02. The fourth-order valence-electron chi connectivity index (χ4n) is 1.56. The number of nitrogens with one attached hydrogen (secondary N) is 2. The van der Waals surface area contributed by atoms with Crippen LogP contribution in [0.2, 0.25) is 0 Å². The van der Waals surface area contributed by atoms with Crippen LogP contribution in [-0.4, -0.2) is 46.5 Å². The molecule has 0 spiro atoms. The molecule has 2 heterocycles. The molecule has 2 N–H and O–H groups in total. The smallest absolute Gasteiger partial charge is 0.335 e. The van der Waals surface area contributed by atoms with Crippen molar-refractivity contribution >= 4 is 22.0 Å². The summed E-state index contributed by atoms with van der Waals surface area (Å²) in [6, 6.07) is -1.07. The Hall–Kier alpha value is -2.89. The normalized spacial score (nSPS) is 10.9. The number of methoxy groups -OCH3 is 1. The fourth-order valence-corrected chi connectivity index (χ4v) is 2.59. The van der Waals surface area contributed by atoms with Gasteiger partial charge in [0.1, 0.15) is 5.82 Å². The van der Waals surface area contributed by atoms with Crippen molar-refractivity contribution in [3.8, 4) is 6.01 Å². The summed E-state index contributed by atoms with van der Waals surface area (Å²) in [5, 5.41) is 1.84. The Bertz CT molecular complexity index is 840. The Labute approximate surface area is 131 Å². The molecule has 0 radical (unpaired) electrons. The highest BCUT2D eigenvalue weighted by molar-refractivity contribution is 7.90. The molecule has 2 aromatic heterocycles. The highest BCUT2D eigenvalue weighted by atomic mass is 32.2. The first-order chi connectivity index (χ1) is 10.8. The predicted molar refractivity (Wildman–Crippen MR) is 77.2 cm³/mol. The van der Waals surface area contributed by atoms with Crippen LogP contribution in [-0.2, 0) is 10.0 Å². The lowest BCUT2D eigenvalue weighted by atomic mass is 10.5. The molecular formula is C11H13N7O4S. The van der Waals surface area contributed by atoms with Gasteiger partial charge in [0.15, 0.2) is 5.03 Å². The van der Waals surface area contributed by atoms with Gasteiger partial charge >= 0.3 is 12.0 Å². The average Bonchev–Trinajstić information content (AvgIpc) is 2.46. The van der Waals surface area contributed by atoms with Gasteiger partial charge < -0.3 is 4.74 Å². The van der Waals surface area contributed by atoms with Gasteiger partial charge in [-0.25, -0.2) is 14.5 Å². The second-order valence-corrected chi connectivity index (χ2v) is 5.80. The van der Waals surface area contributed by atoms with Crippen molar-refractivity contribution in [1.29, 1.82) is 0 Å². The third kappa shape index (κ3) is 4.06. The summed E-state index contributed by atoms with van der Waals surface area (Å²) in [6.07, 6.45) is 2.55. The number of carbonyl (C=O) groups is 1. The van der Waals surface area contributed by atoms with Crippen molar-refractivity contribution < 1.29 is 17.9 Å². The number of anilines is 1. The van der Waals surface area contributed by atoms with Crippen molar-refractivity contribution in [3.63, 3.8) is 0 Å². The van der Waals surface area contributed by atoms with Gasteiger partial charge in [0.2, 0.25) is 5.95 Å². The number of hydrogen-bond acceptors (Lipinski definition) is 9. The van der Waals surface area contributed by atoms with Crippen LogP contribution >= 0.6 is 0 Å². The van der Waals surface area contributed by atoms with Gasteiger partial charge in [-0.3, -0.25) is 10.3 Å². The monoisotopic (exact) mass is 339 g/mol. The minimum atomic E-state index is -4.17. The molecule has 23 heavy (non-hydrogen) atoms. The highest BCUT2D eigenvalue weighted by Gasteiger charge is 2.22. The standard InChI is InChI=1S/C11H13N7O4S/c1-6-8(13-5-4-12-6)23(20,21)18-10(19)16-9-14-7(2)15-11(17-9)22-3/h4-5H,1-3H3,(H2,14,15,16,17,18,19). The number of urea groups is 1. The summed E-state index contributed by atoms with van der Waals surface area (Å²) in [4.78, 5) is 30.8. The maximum Gasteiger partial charge on any atom is 0.335 e. The number of aromatic nitrogens is 5. The topological polar surface area (TPSA) is 149 Å². The van der Waals surface area contributed by atoms with Crippen LogP contribution in [0, 0.1) is 13.8 Å². The molecule has 0 atom stereocenters. The first kappa shape index (κ1) is 16.5. The molecule has 0 saturated carbocycles. The zero-order chi connectivity index (χ0) is 17.0. The Morgan fingerprint density at radius 1 is 1.13 bits per heavy atom. The third-order valence-electron chi connectivity index (χ3n) is 2.45. The second kappa shape index (κ2) is 6.48. The number of sulfonamides is 1. The van der Waals surface area contributed by atoms with E-state index in [-0.39, 0.29) is 22.7 Å². The lowest BCUT2D eigenvalue weighted by Gasteiger charge is -2.09. The third-order valence-corrected chi connectivity index (χ3v) is 3.82. The summed E-state index contributed by atoms with van der Waals surface area (Å²) >= 11 is 0. The number of nitrogens with zero attached hydrogens (tertiary/aromatic N) is 5. The van der Waals surface area contributed by atoms with Gasteiger partial charge in [0.05, 0.1) is 12.8 Å². The number of ether oxygens (including phenoxy) is 1. The minimum absolute atomic E-state index is 0.0135. The van der Waals surface area contributed by atoms with E-state index < -0.39 is 16.1 Å². The zero-order valence-electron chi connectivity index (χ0n) is 12.4. The molecule has 0 aliphatic heterocycles. The van der Waals surface area contributed by atoms with E-state index in [1.807, 2.05) is 0 Å². The van der Waals surface area contributed by atoms with E-state index >= 15 is 0 Å². The second-order valence-electron chi connectivity index (χ2n) is 4.20. The molecule has 0 aliphatic rings. The molecule has 0 aromatic carbocycles. The van der Waals surface area contributed by atoms with E-state index in [1.165, 1.54) is 26.4 Å². The number of hydrogen-bond donors (Lipinski definition) is 2. The highest BCUT2D eigenvalue weighted by Crippen LogP contribution is 2.09. The van der Waals surface area contributed by atoms with E-state index in [0.717, 1.165) is 0 Å². The maximum absolute atomic E-state index is 12.1. The van der Waals surface area contributed by atoms with Crippen LogP contribution in [0.25, 0.3) is 0 Å². The van der Waals surface area contributed by atoms with E-state index in [9.17, 15) is 13.2 Å². The molecule has 0 saturated heterocycles. The van der Waals surface area contributed by atoms with E-state index in [2.05, 4.69) is 30.2 Å². The van der Waals surface area contributed by atoms with Crippen molar-refractivity contribution in [2.45, 2.75) is 18.9 Å². The van der Waals surface area contributed by atoms with Gasteiger partial charge in [-0.1, -0.05) is 0 Å². The first-order valence-corrected chi connectivity index (χ1v) is 7.68. The van der Waals surface area contributed by atoms with Crippen LogP contribution in [0.3, 0.4) is 0 Å². The molecule has 2 amide bonds. The number of rotatable bonds is 4. The zero-order valence-corrected chi connectivity index (χ0v) is 13.2. The van der Waals surface area contributed by atoms with Crippen LogP contribution in [0.5, 0.6) is 6.01 Å². The Morgan fingerprint density at radius 2 is 1.83 bits per heavy atom. The molecule has 2 rings (SSSR count). The average molecular weight is 339 g/mol. The summed E-state index contributed by atoms with van der Waals surface area (Å²) in [5.74, 6) is 0.137. The number of carbonyl (C=O) groups excluding carboxylic acids is 1. The van der Waals surface area contributed by atoms with Crippen LogP contribution in [0.1, 0.15) is 11.5 Å². The Morgan fingerprint density at radius 3 is 2.48 bits per heavy atom. The predicted octanol–water partition coefficient (Wildman–Crippen LogP) is -0.203. The van der Waals surface area contributed by atoms with Crippen LogP contribution in [0.15, 0.2) is 17.4 Å². The van der Waals surface area contributed by atoms with Crippen LogP contribution < -0.4 is 14.8 Å². The lowest BCUT2D eigenvalue weighted by molar-refractivity contribution is 0.256. The van der Waals surface area contributed by atoms with E-state index in [0.29, 0.717) is 5.82 Å². The Balaban J connectivity index is 2.16. The molecule has 0 unspecified atom stereocenters. The molecule has 2 aromatic rings. The molecular weight excluding hydrogens is 326 g/mol. The molecule has 0 fully saturated rings. The SMILES string of the molecule is COc1nc(C)nc(NC(=O)NS(=O)(=O)c2nccnc2C)n1. The molecule has 0 bridgehead atoms. The minimum Gasteiger partial charge on any atom is -0.467 e. The van der Waals surface area contributed by atoms with Gasteiger partial charge in [-0.15, -0.1) is 0 Å². The maximum atomic E-state index is 12.1. The summed E-state index contributed by atoms with van der Waals surface area (Å²) in [7, 11) is -2.83. The van der Waals surface area contributed by atoms with E-state index in [1.54, 1.807) is 11.6 Å². The summed E-state index contributed by atoms with van der Waals surface area (Å²) in [5.41, 5.74) is 0.158. The fraction of sp³-hybridized carbons (Fsp3) is 0.273. The molecule has 11 nitrogen and oxygen atoms in total. The lowest BCUT2D eigenvalue weighted by Crippen LogP contribution is -2.35.